The van der Waals surface area contributed by atoms with Gasteiger partial charge >= 0.3 is 18.0 Å². The summed E-state index contributed by atoms with van der Waals surface area (Å²) in [6.07, 6.45) is 7.27. The molecule has 0 bridgehead atoms. The Balaban J connectivity index is 1.75. The number of thioether (sulfide) groups is 1. The zero-order chi connectivity index (χ0) is 33.1. The van der Waals surface area contributed by atoms with Crippen molar-refractivity contribution in [1.29, 1.82) is 0 Å². The van der Waals surface area contributed by atoms with Gasteiger partial charge in [-0.05, 0) is 36.1 Å². The van der Waals surface area contributed by atoms with Crippen molar-refractivity contribution in [2.75, 3.05) is 5.75 Å². The lowest BCUT2D eigenvalue weighted by Crippen LogP contribution is -2.43. The highest BCUT2D eigenvalue weighted by Crippen LogP contribution is 2.41. The molecule has 0 aromatic heterocycles. The molecule has 1 aliphatic rings. The molecule has 4 N–H and O–H groups in total. The first-order valence-corrected chi connectivity index (χ1v) is 17.1. The number of aliphatic hydroxyl groups is 2. The Labute approximate surface area is 276 Å². The molecular weight excluding hydrogens is 606 g/mol. The normalized spacial score (nSPS) is 17.5. The molecule has 0 radical (unpaired) electrons. The number of hydrogen-bond acceptors (Lipinski definition) is 8. The maximum Gasteiger partial charge on any atom is 0.408 e. The van der Waals surface area contributed by atoms with Crippen LogP contribution in [0.2, 0.25) is 0 Å². The van der Waals surface area contributed by atoms with Crippen LogP contribution in [0.1, 0.15) is 75.8 Å². The van der Waals surface area contributed by atoms with Gasteiger partial charge in [-0.15, -0.1) is 11.8 Å². The second-order valence-electron chi connectivity index (χ2n) is 11.5. The van der Waals surface area contributed by atoms with Crippen LogP contribution >= 0.6 is 11.8 Å². The standard InChI is InChI=1S/C36H47NO8S/c1-2-3-7-18-28(38)20-21-29-31(39)24-32(34(29)46-22-13-6-12-19-33(40)41)45-35(42)30(23-26-14-8-4-9-15-26)37-36(43)44-25-27-16-10-5-11-17-27/h4-5,8-11,14-17,20-21,28-31,38-39H,2-3,6-7,12-13,18-19,22-25H2,1H3,(H,37,43)(H,40,41)/t28-,29-,30-,31+/m0/s1. The molecule has 0 spiro atoms. The fraction of sp³-hybridized carbons (Fsp3) is 0.472. The monoisotopic (exact) mass is 653 g/mol. The molecule has 0 saturated heterocycles. The van der Waals surface area contributed by atoms with E-state index in [1.807, 2.05) is 60.7 Å². The molecule has 0 saturated carbocycles. The molecule has 2 aromatic carbocycles. The summed E-state index contributed by atoms with van der Waals surface area (Å²) >= 11 is 1.46. The molecule has 1 amide bonds. The number of ether oxygens (including phenoxy) is 2. The fourth-order valence-corrected chi connectivity index (χ4v) is 6.37. The summed E-state index contributed by atoms with van der Waals surface area (Å²) in [4.78, 5) is 38.0. The number of carboxylic acids is 1. The summed E-state index contributed by atoms with van der Waals surface area (Å²) in [7, 11) is 0. The van der Waals surface area contributed by atoms with Crippen LogP contribution in [0.5, 0.6) is 0 Å². The summed E-state index contributed by atoms with van der Waals surface area (Å²) < 4.78 is 11.3. The van der Waals surface area contributed by atoms with Gasteiger partial charge in [0, 0.05) is 30.1 Å². The Bertz CT molecular complexity index is 1280. The third-order valence-corrected chi connectivity index (χ3v) is 8.92. The number of esters is 1. The quantitative estimate of drug-likeness (QED) is 0.0712. The van der Waals surface area contributed by atoms with E-state index in [9.17, 15) is 24.6 Å². The van der Waals surface area contributed by atoms with E-state index >= 15 is 0 Å². The molecule has 0 heterocycles. The molecule has 4 atom stereocenters. The van der Waals surface area contributed by atoms with Gasteiger partial charge in [-0.25, -0.2) is 9.59 Å². The molecule has 0 fully saturated rings. The van der Waals surface area contributed by atoms with Gasteiger partial charge < -0.3 is 30.1 Å². The predicted octanol–water partition coefficient (Wildman–Crippen LogP) is 6.54. The van der Waals surface area contributed by atoms with Crippen LogP contribution in [0.15, 0.2) is 83.5 Å². The second-order valence-corrected chi connectivity index (χ2v) is 12.6. The van der Waals surface area contributed by atoms with Crippen LogP contribution in [0.4, 0.5) is 4.79 Å². The van der Waals surface area contributed by atoms with E-state index in [0.717, 1.165) is 43.2 Å². The molecule has 9 nitrogen and oxygen atoms in total. The van der Waals surface area contributed by atoms with E-state index in [0.29, 0.717) is 29.3 Å². The van der Waals surface area contributed by atoms with Crippen LogP contribution in [-0.2, 0) is 32.1 Å². The molecule has 250 valence electrons. The number of aliphatic hydroxyl groups excluding tert-OH is 2. The third-order valence-electron chi connectivity index (χ3n) is 7.62. The summed E-state index contributed by atoms with van der Waals surface area (Å²) in [5, 5.41) is 33.1. The maximum absolute atomic E-state index is 13.6. The average molecular weight is 654 g/mol. The highest BCUT2D eigenvalue weighted by molar-refractivity contribution is 8.03. The Kier molecular flexibility index (Phi) is 16.4. The molecular formula is C36H47NO8S. The molecule has 2 aromatic rings. The smallest absolute Gasteiger partial charge is 0.408 e. The van der Waals surface area contributed by atoms with Gasteiger partial charge in [-0.3, -0.25) is 4.79 Å². The lowest BCUT2D eigenvalue weighted by atomic mass is 10.0. The van der Waals surface area contributed by atoms with Crippen molar-refractivity contribution in [2.45, 2.75) is 96.0 Å². The van der Waals surface area contributed by atoms with E-state index in [4.69, 9.17) is 14.6 Å². The van der Waals surface area contributed by atoms with Gasteiger partial charge in [-0.2, -0.15) is 0 Å². The van der Waals surface area contributed by atoms with Crippen molar-refractivity contribution in [3.05, 3.63) is 94.6 Å². The molecule has 1 aliphatic carbocycles. The van der Waals surface area contributed by atoms with Crippen molar-refractivity contribution in [2.24, 2.45) is 5.92 Å². The first-order chi connectivity index (χ1) is 22.3. The van der Waals surface area contributed by atoms with Gasteiger partial charge in [-0.1, -0.05) is 105 Å². The first-order valence-electron chi connectivity index (χ1n) is 16.1. The van der Waals surface area contributed by atoms with Crippen molar-refractivity contribution >= 4 is 29.8 Å². The Morgan fingerprint density at radius 2 is 1.67 bits per heavy atom. The molecule has 0 aliphatic heterocycles. The number of carbonyl (C=O) groups excluding carboxylic acids is 2. The summed E-state index contributed by atoms with van der Waals surface area (Å²) in [5.74, 6) is -0.992. The minimum atomic E-state index is -1.05. The van der Waals surface area contributed by atoms with Crippen LogP contribution in [0, 0.1) is 5.92 Å². The van der Waals surface area contributed by atoms with Crippen LogP contribution in [0.3, 0.4) is 0 Å². The van der Waals surface area contributed by atoms with E-state index < -0.39 is 42.2 Å². The van der Waals surface area contributed by atoms with Gasteiger partial charge in [0.1, 0.15) is 18.4 Å². The number of unbranched alkanes of at least 4 members (excludes halogenated alkanes) is 4. The number of amides is 1. The van der Waals surface area contributed by atoms with Crippen molar-refractivity contribution in [1.82, 2.24) is 5.32 Å². The van der Waals surface area contributed by atoms with Gasteiger partial charge in [0.05, 0.1) is 12.2 Å². The molecule has 3 rings (SSSR count). The van der Waals surface area contributed by atoms with Crippen molar-refractivity contribution in [3.8, 4) is 0 Å². The van der Waals surface area contributed by atoms with E-state index in [2.05, 4.69) is 12.2 Å². The van der Waals surface area contributed by atoms with Gasteiger partial charge in [0.2, 0.25) is 0 Å². The maximum atomic E-state index is 13.6. The Morgan fingerprint density at radius 1 is 0.978 bits per heavy atom. The number of rotatable bonds is 20. The number of nitrogens with one attached hydrogen (secondary N) is 1. The predicted molar refractivity (Wildman–Crippen MR) is 179 cm³/mol. The van der Waals surface area contributed by atoms with Crippen LogP contribution in [-0.4, -0.2) is 57.4 Å². The van der Waals surface area contributed by atoms with Crippen molar-refractivity contribution in [3.63, 3.8) is 0 Å². The Morgan fingerprint density at radius 3 is 2.35 bits per heavy atom. The summed E-state index contributed by atoms with van der Waals surface area (Å²) in [6.45, 7) is 2.15. The highest BCUT2D eigenvalue weighted by Gasteiger charge is 2.36. The number of carbonyl (C=O) groups is 3. The molecule has 10 heteroatoms. The zero-order valence-corrected chi connectivity index (χ0v) is 27.3. The van der Waals surface area contributed by atoms with Crippen LogP contribution in [0.25, 0.3) is 0 Å². The van der Waals surface area contributed by atoms with Crippen LogP contribution < -0.4 is 5.32 Å². The minimum absolute atomic E-state index is 0.0443. The van der Waals surface area contributed by atoms with Gasteiger partial charge in [0.25, 0.3) is 0 Å². The number of benzene rings is 2. The number of carboxylic acid groups (broad SMARTS) is 1. The largest absolute Gasteiger partial charge is 0.481 e. The van der Waals surface area contributed by atoms with E-state index in [-0.39, 0.29) is 25.9 Å². The average Bonchev–Trinajstić information content (AvgIpc) is 3.34. The topological polar surface area (TPSA) is 142 Å². The molecule has 46 heavy (non-hydrogen) atoms. The summed E-state index contributed by atoms with van der Waals surface area (Å²) in [6, 6.07) is 17.4. The number of hydrogen-bond donors (Lipinski definition) is 4. The minimum Gasteiger partial charge on any atom is -0.481 e. The van der Waals surface area contributed by atoms with E-state index in [1.165, 1.54) is 11.8 Å². The van der Waals surface area contributed by atoms with Gasteiger partial charge in [0.15, 0.2) is 0 Å². The molecule has 0 unspecified atom stereocenters. The lowest BCUT2D eigenvalue weighted by Gasteiger charge is -2.19. The zero-order valence-electron chi connectivity index (χ0n) is 26.5. The highest BCUT2D eigenvalue weighted by atomic mass is 32.2. The van der Waals surface area contributed by atoms with Crippen molar-refractivity contribution < 1.29 is 39.2 Å². The first kappa shape index (κ1) is 36.9. The summed E-state index contributed by atoms with van der Waals surface area (Å²) in [5.41, 5.74) is 1.63. The number of alkyl carbamates (subject to hydrolysis) is 1. The number of aliphatic carboxylic acids is 1. The second kappa shape index (κ2) is 20.5. The fourth-order valence-electron chi connectivity index (χ4n) is 5.09. The Hall–Kier alpha value is -3.60. The van der Waals surface area contributed by atoms with E-state index in [1.54, 1.807) is 12.2 Å². The third kappa shape index (κ3) is 13.4. The SMILES string of the molecule is CCCCC[C@H](O)C=C[C@@H]1C(SCCCCCC(=O)O)=C(OC(=O)[C@H](Cc2ccccc2)NC(=O)OCc2ccccc2)C[C@H]1O. The lowest BCUT2D eigenvalue weighted by molar-refractivity contribution is -0.142.